The van der Waals surface area contributed by atoms with Gasteiger partial charge in [-0.2, -0.15) is 0 Å². The number of aliphatic hydroxyl groups is 1. The van der Waals surface area contributed by atoms with Crippen molar-refractivity contribution in [1.82, 2.24) is 4.90 Å². The summed E-state index contributed by atoms with van der Waals surface area (Å²) in [5.74, 6) is -0.274. The molecule has 0 heterocycles. The van der Waals surface area contributed by atoms with E-state index in [2.05, 4.69) is 11.9 Å². The molecule has 1 aliphatic carbocycles. The number of carbonyl (C=O) groups excluding carboxylic acids is 1. The van der Waals surface area contributed by atoms with Crippen LogP contribution in [-0.2, 0) is 16.0 Å². The number of aliphatic hydroxyl groups excluding tert-OH is 1. The number of benzene rings is 1. The number of aliphatic imine (C=N–C) groups is 1. The Morgan fingerprint density at radius 3 is 2.88 bits per heavy atom. The molecule has 0 radical (unpaired) electrons. The van der Waals surface area contributed by atoms with Gasteiger partial charge >= 0.3 is 0 Å². The number of carbonyl (C=O) groups is 1. The molecule has 1 aromatic carbocycles. The highest BCUT2D eigenvalue weighted by Crippen LogP contribution is 2.35. The Hall–Kier alpha value is -1.92. The van der Waals surface area contributed by atoms with Crippen molar-refractivity contribution in [2.75, 3.05) is 26.8 Å². The van der Waals surface area contributed by atoms with Crippen LogP contribution in [0.4, 0.5) is 5.69 Å². The number of hydrogen-bond acceptors (Lipinski definition) is 4. The molecule has 6 nitrogen and oxygen atoms in total. The summed E-state index contributed by atoms with van der Waals surface area (Å²) in [7, 11) is 1.97. The fourth-order valence-corrected chi connectivity index (χ4v) is 2.90. The van der Waals surface area contributed by atoms with Gasteiger partial charge in [0.05, 0.1) is 24.3 Å². The third-order valence-corrected chi connectivity index (χ3v) is 4.35. The van der Waals surface area contributed by atoms with Gasteiger partial charge in [-0.05, 0) is 43.0 Å². The molecule has 2 atom stereocenters. The van der Waals surface area contributed by atoms with Gasteiger partial charge in [-0.15, -0.1) is 0 Å². The van der Waals surface area contributed by atoms with Gasteiger partial charge in [-0.3, -0.25) is 4.79 Å². The van der Waals surface area contributed by atoms with Crippen LogP contribution in [0.25, 0.3) is 0 Å². The Bertz CT molecular complexity index is 616. The number of nitrogens with zero attached hydrogens (tertiary/aromatic N) is 2. The Morgan fingerprint density at radius 2 is 2.21 bits per heavy atom. The van der Waals surface area contributed by atoms with Crippen molar-refractivity contribution < 1.29 is 14.6 Å². The lowest BCUT2D eigenvalue weighted by Crippen LogP contribution is -2.28. The SMILES string of the molecule is CCCOCCN(C)C(C)=Nc1ccc2c(c1)C(C(N)=O)C(O)C2. The topological polar surface area (TPSA) is 88.1 Å². The van der Waals surface area contributed by atoms with Crippen LogP contribution >= 0.6 is 0 Å². The molecule has 2 rings (SSSR count). The zero-order valence-corrected chi connectivity index (χ0v) is 14.7. The first-order valence-electron chi connectivity index (χ1n) is 8.38. The van der Waals surface area contributed by atoms with E-state index in [0.717, 1.165) is 42.2 Å². The Morgan fingerprint density at radius 1 is 1.46 bits per heavy atom. The molecule has 0 aliphatic heterocycles. The summed E-state index contributed by atoms with van der Waals surface area (Å²) in [6.45, 7) is 6.22. The summed E-state index contributed by atoms with van der Waals surface area (Å²) in [4.78, 5) is 18.2. The molecule has 0 saturated heterocycles. The Balaban J connectivity index is 2.09. The molecule has 2 unspecified atom stereocenters. The lowest BCUT2D eigenvalue weighted by molar-refractivity contribution is -0.121. The van der Waals surface area contributed by atoms with Crippen molar-refractivity contribution in [1.29, 1.82) is 0 Å². The molecule has 0 aromatic heterocycles. The molecule has 132 valence electrons. The first kappa shape index (κ1) is 18.4. The maximum absolute atomic E-state index is 11.6. The molecular weight excluding hydrogens is 306 g/mol. The van der Waals surface area contributed by atoms with Gasteiger partial charge in [0.25, 0.3) is 0 Å². The number of hydrogen-bond donors (Lipinski definition) is 2. The van der Waals surface area contributed by atoms with Gasteiger partial charge < -0.3 is 20.5 Å². The summed E-state index contributed by atoms with van der Waals surface area (Å²) in [5, 5.41) is 10.0. The van der Waals surface area contributed by atoms with Crippen LogP contribution in [0.3, 0.4) is 0 Å². The van der Waals surface area contributed by atoms with Crippen LogP contribution in [0.15, 0.2) is 23.2 Å². The number of fused-ring (bicyclic) bond motifs is 1. The minimum Gasteiger partial charge on any atom is -0.392 e. The molecule has 0 bridgehead atoms. The second kappa shape index (κ2) is 8.26. The number of amidine groups is 1. The quantitative estimate of drug-likeness (QED) is 0.450. The third-order valence-electron chi connectivity index (χ3n) is 4.35. The second-order valence-corrected chi connectivity index (χ2v) is 6.23. The number of nitrogens with two attached hydrogens (primary N) is 1. The fourth-order valence-electron chi connectivity index (χ4n) is 2.90. The van der Waals surface area contributed by atoms with E-state index in [0.29, 0.717) is 13.0 Å². The van der Waals surface area contributed by atoms with Crippen molar-refractivity contribution in [3.05, 3.63) is 29.3 Å². The van der Waals surface area contributed by atoms with Crippen molar-refractivity contribution in [3.63, 3.8) is 0 Å². The minimum atomic E-state index is -0.740. The predicted octanol–water partition coefficient (Wildman–Crippen LogP) is 1.58. The van der Waals surface area contributed by atoms with Gasteiger partial charge in [0.1, 0.15) is 5.84 Å². The summed E-state index contributed by atoms with van der Waals surface area (Å²) in [5.41, 5.74) is 7.93. The van der Waals surface area contributed by atoms with E-state index in [1.54, 1.807) is 0 Å². The van der Waals surface area contributed by atoms with Gasteiger partial charge in [-0.1, -0.05) is 13.0 Å². The zero-order chi connectivity index (χ0) is 17.7. The normalized spacial score (nSPS) is 20.1. The number of ether oxygens (including phenoxy) is 1. The van der Waals surface area contributed by atoms with Gasteiger partial charge in [0.15, 0.2) is 0 Å². The van der Waals surface area contributed by atoms with Crippen LogP contribution in [-0.4, -0.2) is 54.7 Å². The van der Waals surface area contributed by atoms with Crippen molar-refractivity contribution in [2.24, 2.45) is 10.7 Å². The van der Waals surface area contributed by atoms with Crippen LogP contribution in [0.5, 0.6) is 0 Å². The first-order chi connectivity index (χ1) is 11.4. The highest BCUT2D eigenvalue weighted by molar-refractivity contribution is 5.85. The second-order valence-electron chi connectivity index (χ2n) is 6.23. The lowest BCUT2D eigenvalue weighted by Gasteiger charge is -2.18. The highest BCUT2D eigenvalue weighted by atomic mass is 16.5. The van der Waals surface area contributed by atoms with Crippen molar-refractivity contribution >= 4 is 17.4 Å². The maximum Gasteiger partial charge on any atom is 0.227 e. The van der Waals surface area contributed by atoms with Crippen molar-refractivity contribution in [2.45, 2.75) is 38.7 Å². The smallest absolute Gasteiger partial charge is 0.227 e. The van der Waals surface area contributed by atoms with Crippen LogP contribution in [0, 0.1) is 0 Å². The number of rotatable bonds is 7. The number of amides is 1. The molecule has 1 aliphatic rings. The van der Waals surface area contributed by atoms with Crippen LogP contribution < -0.4 is 5.73 Å². The Labute approximate surface area is 143 Å². The number of primary amides is 1. The summed E-state index contributed by atoms with van der Waals surface area (Å²) in [6, 6.07) is 5.67. The zero-order valence-electron chi connectivity index (χ0n) is 14.7. The maximum atomic E-state index is 11.6. The molecule has 0 fully saturated rings. The summed E-state index contributed by atoms with van der Waals surface area (Å²) < 4.78 is 5.49. The molecule has 3 N–H and O–H groups in total. The first-order valence-corrected chi connectivity index (χ1v) is 8.38. The molecule has 24 heavy (non-hydrogen) atoms. The molecular formula is C18H27N3O3. The van der Waals surface area contributed by atoms with E-state index in [4.69, 9.17) is 10.5 Å². The van der Waals surface area contributed by atoms with E-state index in [1.165, 1.54) is 0 Å². The highest BCUT2D eigenvalue weighted by Gasteiger charge is 2.35. The van der Waals surface area contributed by atoms with E-state index in [9.17, 15) is 9.90 Å². The average molecular weight is 333 g/mol. The van der Waals surface area contributed by atoms with E-state index < -0.39 is 17.9 Å². The van der Waals surface area contributed by atoms with Gasteiger partial charge in [0.2, 0.25) is 5.91 Å². The Kier molecular flexibility index (Phi) is 6.34. The number of likely N-dealkylation sites (N-methyl/N-ethyl adjacent to an activating group) is 1. The molecule has 1 amide bonds. The lowest BCUT2D eigenvalue weighted by atomic mass is 9.99. The molecule has 1 aromatic rings. The summed E-state index contributed by atoms with van der Waals surface area (Å²) in [6.07, 6.45) is 0.732. The average Bonchev–Trinajstić information content (AvgIpc) is 2.86. The minimum absolute atomic E-state index is 0.459. The largest absolute Gasteiger partial charge is 0.392 e. The summed E-state index contributed by atoms with van der Waals surface area (Å²) >= 11 is 0. The van der Waals surface area contributed by atoms with E-state index >= 15 is 0 Å². The van der Waals surface area contributed by atoms with Crippen LogP contribution in [0.1, 0.15) is 37.3 Å². The molecule has 0 saturated carbocycles. The predicted molar refractivity (Wildman–Crippen MR) is 94.6 cm³/mol. The third kappa shape index (κ3) is 4.33. The standard InChI is InChI=1S/C18H27N3O3/c1-4-8-24-9-7-21(3)12(2)20-14-6-5-13-10-16(22)17(18(19)23)15(13)11-14/h5-6,11,16-17,22H,4,7-10H2,1-3H3,(H2,19,23). The monoisotopic (exact) mass is 333 g/mol. The molecule has 6 heteroatoms. The van der Waals surface area contributed by atoms with E-state index in [1.807, 2.05) is 37.1 Å². The van der Waals surface area contributed by atoms with Gasteiger partial charge in [-0.25, -0.2) is 4.99 Å². The van der Waals surface area contributed by atoms with Gasteiger partial charge in [0, 0.05) is 20.2 Å². The van der Waals surface area contributed by atoms with Crippen LogP contribution in [0.2, 0.25) is 0 Å². The van der Waals surface area contributed by atoms with Crippen molar-refractivity contribution in [3.8, 4) is 0 Å². The fraction of sp³-hybridized carbons (Fsp3) is 0.556. The van der Waals surface area contributed by atoms with E-state index in [-0.39, 0.29) is 0 Å². The molecule has 0 spiro atoms.